The monoisotopic (exact) mass is 372 g/mol. The zero-order chi connectivity index (χ0) is 17.6. The van der Waals surface area contributed by atoms with Gasteiger partial charge in [-0.2, -0.15) is 4.37 Å². The van der Waals surface area contributed by atoms with E-state index in [1.807, 2.05) is 24.3 Å². The van der Waals surface area contributed by atoms with Crippen molar-refractivity contribution in [2.45, 2.75) is 33.1 Å². The summed E-state index contributed by atoms with van der Waals surface area (Å²) in [6.07, 6.45) is 3.65. The SMILES string of the molecule is CCN(CC)CCCCc1ccc2c(-c3ccc(Cl)cc3)nsc2c1. The Kier molecular flexibility index (Phi) is 6.46. The maximum absolute atomic E-state index is 5.99. The molecule has 0 aliphatic carbocycles. The molecule has 0 fully saturated rings. The highest BCUT2D eigenvalue weighted by atomic mass is 35.5. The molecule has 0 spiro atoms. The Bertz CT molecular complexity index is 806. The average Bonchev–Trinajstić information content (AvgIpc) is 3.06. The van der Waals surface area contributed by atoms with E-state index in [1.165, 1.54) is 35.0 Å². The van der Waals surface area contributed by atoms with Gasteiger partial charge in [0.1, 0.15) is 0 Å². The van der Waals surface area contributed by atoms with Gasteiger partial charge in [0.25, 0.3) is 0 Å². The van der Waals surface area contributed by atoms with Crippen molar-refractivity contribution in [2.24, 2.45) is 0 Å². The van der Waals surface area contributed by atoms with Crippen LogP contribution in [0.2, 0.25) is 5.02 Å². The fourth-order valence-corrected chi connectivity index (χ4v) is 4.14. The van der Waals surface area contributed by atoms with E-state index < -0.39 is 0 Å². The molecule has 0 atom stereocenters. The van der Waals surface area contributed by atoms with Crippen molar-refractivity contribution in [2.75, 3.05) is 19.6 Å². The molecule has 0 saturated carbocycles. The third-order valence-corrected chi connectivity index (χ3v) is 5.80. The molecule has 2 nitrogen and oxygen atoms in total. The van der Waals surface area contributed by atoms with Gasteiger partial charge < -0.3 is 4.90 Å². The molecule has 0 amide bonds. The predicted octanol–water partition coefficient (Wildman–Crippen LogP) is 6.28. The first-order chi connectivity index (χ1) is 12.2. The molecule has 2 aromatic carbocycles. The zero-order valence-electron chi connectivity index (χ0n) is 15.0. The van der Waals surface area contributed by atoms with Crippen molar-refractivity contribution in [3.05, 3.63) is 53.1 Å². The lowest BCUT2D eigenvalue weighted by atomic mass is 10.0. The summed E-state index contributed by atoms with van der Waals surface area (Å²) in [4.78, 5) is 2.49. The largest absolute Gasteiger partial charge is 0.304 e. The topological polar surface area (TPSA) is 16.1 Å². The van der Waals surface area contributed by atoms with Crippen LogP contribution in [0, 0.1) is 0 Å². The Labute approximate surface area is 159 Å². The number of aryl methyl sites for hydroxylation is 1. The molecule has 1 heterocycles. The fourth-order valence-electron chi connectivity index (χ4n) is 3.16. The lowest BCUT2D eigenvalue weighted by molar-refractivity contribution is 0.297. The maximum atomic E-state index is 5.99. The summed E-state index contributed by atoms with van der Waals surface area (Å²) < 4.78 is 5.94. The number of unbranched alkanes of at least 4 members (excludes halogenated alkanes) is 1. The minimum atomic E-state index is 0.760. The van der Waals surface area contributed by atoms with Crippen LogP contribution in [0.15, 0.2) is 42.5 Å². The van der Waals surface area contributed by atoms with Gasteiger partial charge in [-0.15, -0.1) is 0 Å². The smallest absolute Gasteiger partial charge is 0.0919 e. The molecule has 3 rings (SSSR count). The van der Waals surface area contributed by atoms with E-state index in [4.69, 9.17) is 11.6 Å². The highest BCUT2D eigenvalue weighted by molar-refractivity contribution is 7.13. The Balaban J connectivity index is 1.66. The average molecular weight is 373 g/mol. The van der Waals surface area contributed by atoms with E-state index >= 15 is 0 Å². The second-order valence-corrected chi connectivity index (χ2v) is 7.59. The van der Waals surface area contributed by atoms with Crippen molar-refractivity contribution in [3.63, 3.8) is 0 Å². The summed E-state index contributed by atoms with van der Waals surface area (Å²) in [5.74, 6) is 0. The molecule has 0 saturated heterocycles. The van der Waals surface area contributed by atoms with Crippen molar-refractivity contribution >= 4 is 33.2 Å². The summed E-state index contributed by atoms with van der Waals surface area (Å²) in [7, 11) is 0. The van der Waals surface area contributed by atoms with E-state index in [-0.39, 0.29) is 0 Å². The quantitative estimate of drug-likeness (QED) is 0.432. The van der Waals surface area contributed by atoms with Gasteiger partial charge >= 0.3 is 0 Å². The lowest BCUT2D eigenvalue weighted by Crippen LogP contribution is -2.23. The number of nitrogens with zero attached hydrogens (tertiary/aromatic N) is 2. The molecular formula is C21H25ClN2S. The second-order valence-electron chi connectivity index (χ2n) is 6.35. The third kappa shape index (κ3) is 4.60. The van der Waals surface area contributed by atoms with Crippen LogP contribution >= 0.6 is 23.1 Å². The molecule has 1 aromatic heterocycles. The minimum absolute atomic E-state index is 0.760. The van der Waals surface area contributed by atoms with Gasteiger partial charge in [0, 0.05) is 16.0 Å². The number of fused-ring (bicyclic) bond motifs is 1. The molecule has 0 radical (unpaired) electrons. The van der Waals surface area contributed by atoms with Gasteiger partial charge in [0.05, 0.1) is 10.4 Å². The van der Waals surface area contributed by atoms with Gasteiger partial charge in [0.2, 0.25) is 0 Å². The Morgan fingerprint density at radius 3 is 2.48 bits per heavy atom. The van der Waals surface area contributed by atoms with Crippen LogP contribution in [0.3, 0.4) is 0 Å². The Morgan fingerprint density at radius 2 is 1.76 bits per heavy atom. The van der Waals surface area contributed by atoms with Gasteiger partial charge in [-0.3, -0.25) is 0 Å². The molecule has 0 unspecified atom stereocenters. The van der Waals surface area contributed by atoms with E-state index in [0.717, 1.165) is 35.8 Å². The number of aromatic nitrogens is 1. The first kappa shape index (κ1) is 18.4. The Hall–Kier alpha value is -1.42. The zero-order valence-corrected chi connectivity index (χ0v) is 16.5. The lowest BCUT2D eigenvalue weighted by Gasteiger charge is -2.17. The van der Waals surface area contributed by atoms with E-state index in [2.05, 4.69) is 41.3 Å². The first-order valence-electron chi connectivity index (χ1n) is 9.08. The molecule has 3 aromatic rings. The van der Waals surface area contributed by atoms with Crippen LogP contribution < -0.4 is 0 Å². The molecule has 0 bridgehead atoms. The van der Waals surface area contributed by atoms with Crippen LogP contribution in [-0.4, -0.2) is 28.9 Å². The van der Waals surface area contributed by atoms with Crippen molar-refractivity contribution in [1.29, 1.82) is 0 Å². The summed E-state index contributed by atoms with van der Waals surface area (Å²) in [5, 5.41) is 1.99. The predicted molar refractivity (Wildman–Crippen MR) is 111 cm³/mol. The minimum Gasteiger partial charge on any atom is -0.304 e. The van der Waals surface area contributed by atoms with Crippen LogP contribution in [0.25, 0.3) is 21.3 Å². The molecule has 4 heteroatoms. The molecule has 132 valence electrons. The molecule has 25 heavy (non-hydrogen) atoms. The van der Waals surface area contributed by atoms with E-state index in [1.54, 1.807) is 11.5 Å². The summed E-state index contributed by atoms with van der Waals surface area (Å²) >= 11 is 7.58. The van der Waals surface area contributed by atoms with Crippen LogP contribution in [0.5, 0.6) is 0 Å². The van der Waals surface area contributed by atoms with Crippen LogP contribution in [-0.2, 0) is 6.42 Å². The number of hydrogen-bond donors (Lipinski definition) is 0. The normalized spacial score (nSPS) is 11.5. The third-order valence-electron chi connectivity index (χ3n) is 4.74. The maximum Gasteiger partial charge on any atom is 0.0919 e. The standard InChI is InChI=1S/C21H25ClN2S/c1-3-24(4-2)14-6-5-7-16-8-13-19-20(15-16)25-23-21(19)17-9-11-18(22)12-10-17/h8-13,15H,3-7,14H2,1-2H3. The van der Waals surface area contributed by atoms with E-state index in [0.29, 0.717) is 0 Å². The summed E-state index contributed by atoms with van der Waals surface area (Å²) in [6, 6.07) is 14.7. The van der Waals surface area contributed by atoms with Crippen LogP contribution in [0.1, 0.15) is 32.3 Å². The summed E-state index contributed by atoms with van der Waals surface area (Å²) in [6.45, 7) is 7.98. The molecule has 0 N–H and O–H groups in total. The number of benzene rings is 2. The highest BCUT2D eigenvalue weighted by Gasteiger charge is 2.09. The summed E-state index contributed by atoms with van der Waals surface area (Å²) in [5.41, 5.74) is 3.60. The van der Waals surface area contributed by atoms with Crippen molar-refractivity contribution in [3.8, 4) is 11.3 Å². The van der Waals surface area contributed by atoms with Crippen LogP contribution in [0.4, 0.5) is 0 Å². The first-order valence-corrected chi connectivity index (χ1v) is 10.2. The Morgan fingerprint density at radius 1 is 1.00 bits per heavy atom. The highest BCUT2D eigenvalue weighted by Crippen LogP contribution is 2.32. The van der Waals surface area contributed by atoms with E-state index in [9.17, 15) is 0 Å². The molecule has 0 aliphatic heterocycles. The van der Waals surface area contributed by atoms with Gasteiger partial charge in [-0.25, -0.2) is 0 Å². The fraction of sp³-hybridized carbons (Fsp3) is 0.381. The number of rotatable bonds is 8. The second kappa shape index (κ2) is 8.79. The number of halogens is 1. The van der Waals surface area contributed by atoms with Crippen molar-refractivity contribution < 1.29 is 0 Å². The van der Waals surface area contributed by atoms with Gasteiger partial charge in [-0.05, 0) is 74.2 Å². The molecule has 0 aliphatic rings. The van der Waals surface area contributed by atoms with Gasteiger partial charge in [0.15, 0.2) is 0 Å². The van der Waals surface area contributed by atoms with Crippen molar-refractivity contribution in [1.82, 2.24) is 9.27 Å². The van der Waals surface area contributed by atoms with Gasteiger partial charge in [-0.1, -0.05) is 49.7 Å². The molecular weight excluding hydrogens is 348 g/mol. The number of hydrogen-bond acceptors (Lipinski definition) is 3.